The lowest BCUT2D eigenvalue weighted by Crippen LogP contribution is -2.19. The maximum absolute atomic E-state index is 12.2. The molecule has 11 heteroatoms. The normalized spacial score (nSPS) is 11.1. The van der Waals surface area contributed by atoms with Gasteiger partial charge in [0.15, 0.2) is 10.8 Å². The van der Waals surface area contributed by atoms with Crippen molar-refractivity contribution in [2.75, 3.05) is 49.7 Å². The number of anilines is 3. The van der Waals surface area contributed by atoms with Gasteiger partial charge in [0.25, 0.3) is 0 Å². The SMILES string of the molecule is CN(C)CCCOc1ccc(-c2nc3nccc(NCCc4cnc(NC(=O)Nc5ccccc5)s4)c3[nH]2)cc1. The number of carbonyl (C=O) groups is 1. The molecule has 0 bridgehead atoms. The number of benzene rings is 2. The van der Waals surface area contributed by atoms with E-state index >= 15 is 0 Å². The maximum atomic E-state index is 12.2. The first kappa shape index (κ1) is 27.1. The van der Waals surface area contributed by atoms with Crippen LogP contribution in [0.25, 0.3) is 22.6 Å². The fourth-order valence-corrected chi connectivity index (χ4v) is 4.86. The third-order valence-corrected chi connectivity index (χ3v) is 7.00. The molecule has 5 rings (SSSR count). The number of hydrogen-bond donors (Lipinski definition) is 4. The highest BCUT2D eigenvalue weighted by molar-refractivity contribution is 7.15. The number of imidazole rings is 1. The van der Waals surface area contributed by atoms with Gasteiger partial charge in [0.05, 0.1) is 12.3 Å². The number of carbonyl (C=O) groups excluding carboxylic acids is 1. The molecule has 10 nitrogen and oxygen atoms in total. The summed E-state index contributed by atoms with van der Waals surface area (Å²) in [5.74, 6) is 1.60. The van der Waals surface area contributed by atoms with Gasteiger partial charge in [-0.15, -0.1) is 11.3 Å². The van der Waals surface area contributed by atoms with E-state index in [4.69, 9.17) is 4.74 Å². The molecular weight excluding hydrogens is 524 g/mol. The van der Waals surface area contributed by atoms with E-state index in [-0.39, 0.29) is 6.03 Å². The van der Waals surface area contributed by atoms with Crippen LogP contribution in [0, 0.1) is 0 Å². The Hall–Kier alpha value is -4.48. The molecule has 40 heavy (non-hydrogen) atoms. The van der Waals surface area contributed by atoms with E-state index in [1.54, 1.807) is 12.4 Å². The number of aromatic amines is 1. The van der Waals surface area contributed by atoms with E-state index in [1.807, 2.05) is 60.7 Å². The molecular formula is C29H32N8O2S. The molecule has 0 aliphatic rings. The highest BCUT2D eigenvalue weighted by Gasteiger charge is 2.11. The fourth-order valence-electron chi connectivity index (χ4n) is 4.06. The number of para-hydroxylation sites is 1. The molecule has 0 spiro atoms. The maximum Gasteiger partial charge on any atom is 0.325 e. The number of amides is 2. The molecule has 5 aromatic rings. The Morgan fingerprint density at radius 3 is 2.65 bits per heavy atom. The van der Waals surface area contributed by atoms with Gasteiger partial charge < -0.3 is 25.3 Å². The van der Waals surface area contributed by atoms with Crippen LogP contribution in [0.15, 0.2) is 73.1 Å². The minimum atomic E-state index is -0.318. The number of urea groups is 1. The number of fused-ring (bicyclic) bond motifs is 1. The Labute approximate surface area is 236 Å². The Balaban J connectivity index is 1.14. The van der Waals surface area contributed by atoms with E-state index in [0.717, 1.165) is 58.3 Å². The molecule has 0 unspecified atom stereocenters. The van der Waals surface area contributed by atoms with Crippen molar-refractivity contribution in [3.05, 3.63) is 77.9 Å². The second-order valence-corrected chi connectivity index (χ2v) is 10.5. The number of hydrogen-bond acceptors (Lipinski definition) is 8. The van der Waals surface area contributed by atoms with Gasteiger partial charge in [0.1, 0.15) is 17.1 Å². The van der Waals surface area contributed by atoms with Gasteiger partial charge in [-0.25, -0.2) is 19.7 Å². The van der Waals surface area contributed by atoms with Crippen LogP contribution in [0.2, 0.25) is 0 Å². The molecule has 3 heterocycles. The van der Waals surface area contributed by atoms with Crippen molar-refractivity contribution in [1.29, 1.82) is 0 Å². The quantitative estimate of drug-likeness (QED) is 0.145. The van der Waals surface area contributed by atoms with Crippen LogP contribution in [0.5, 0.6) is 5.75 Å². The summed E-state index contributed by atoms with van der Waals surface area (Å²) >= 11 is 1.45. The molecule has 0 fully saturated rings. The molecule has 0 saturated heterocycles. The van der Waals surface area contributed by atoms with Gasteiger partial charge in [-0.05, 0) is 63.0 Å². The summed E-state index contributed by atoms with van der Waals surface area (Å²) in [5.41, 5.74) is 4.12. The number of nitrogens with one attached hydrogen (secondary N) is 4. The number of pyridine rings is 1. The van der Waals surface area contributed by atoms with Crippen LogP contribution in [0.3, 0.4) is 0 Å². The molecule has 0 atom stereocenters. The van der Waals surface area contributed by atoms with Crippen molar-refractivity contribution in [3.8, 4) is 17.1 Å². The zero-order valence-corrected chi connectivity index (χ0v) is 23.3. The van der Waals surface area contributed by atoms with Crippen molar-refractivity contribution in [2.45, 2.75) is 12.8 Å². The smallest absolute Gasteiger partial charge is 0.325 e. The number of ether oxygens (including phenoxy) is 1. The monoisotopic (exact) mass is 556 g/mol. The van der Waals surface area contributed by atoms with E-state index in [1.165, 1.54) is 11.3 Å². The van der Waals surface area contributed by atoms with Crippen molar-refractivity contribution in [2.24, 2.45) is 0 Å². The Bertz CT molecular complexity index is 1530. The summed E-state index contributed by atoms with van der Waals surface area (Å²) in [5, 5.41) is 9.61. The number of aromatic nitrogens is 4. The third-order valence-electron chi connectivity index (χ3n) is 6.03. The summed E-state index contributed by atoms with van der Waals surface area (Å²) in [6.07, 6.45) is 5.27. The van der Waals surface area contributed by atoms with Crippen LogP contribution in [0.1, 0.15) is 11.3 Å². The van der Waals surface area contributed by atoms with Crippen LogP contribution >= 0.6 is 11.3 Å². The van der Waals surface area contributed by atoms with Crippen molar-refractivity contribution >= 4 is 45.0 Å². The molecule has 0 aliphatic heterocycles. The van der Waals surface area contributed by atoms with Gasteiger partial charge >= 0.3 is 6.03 Å². The van der Waals surface area contributed by atoms with Gasteiger partial charge in [0.2, 0.25) is 0 Å². The first-order valence-electron chi connectivity index (χ1n) is 13.1. The zero-order chi connectivity index (χ0) is 27.7. The van der Waals surface area contributed by atoms with Crippen LogP contribution in [-0.2, 0) is 6.42 Å². The van der Waals surface area contributed by atoms with Gasteiger partial charge in [0, 0.05) is 48.0 Å². The summed E-state index contributed by atoms with van der Waals surface area (Å²) in [6.45, 7) is 2.37. The Kier molecular flexibility index (Phi) is 8.84. The Morgan fingerprint density at radius 1 is 1.02 bits per heavy atom. The molecule has 0 radical (unpaired) electrons. The first-order chi connectivity index (χ1) is 19.5. The van der Waals surface area contributed by atoms with Gasteiger partial charge in [-0.1, -0.05) is 18.2 Å². The standard InChI is InChI=1S/C29H32N8O2S/c1-37(2)17-6-18-39-22-11-9-20(10-12-22)26-34-25-24(14-16-31-27(25)35-26)30-15-13-23-19-32-29(40-23)36-28(38)33-21-7-4-3-5-8-21/h3-5,7-12,14,16,19H,6,13,15,17-18H2,1-2H3,(H2,30,31,34,35)(H2,32,33,36,38). The topological polar surface area (TPSA) is 120 Å². The predicted molar refractivity (Wildman–Crippen MR) is 161 cm³/mol. The predicted octanol–water partition coefficient (Wildman–Crippen LogP) is 5.71. The van der Waals surface area contributed by atoms with E-state index in [9.17, 15) is 4.79 Å². The minimum absolute atomic E-state index is 0.318. The van der Waals surface area contributed by atoms with Gasteiger partial charge in [-0.2, -0.15) is 0 Å². The molecule has 4 N–H and O–H groups in total. The lowest BCUT2D eigenvalue weighted by Gasteiger charge is -2.10. The van der Waals surface area contributed by atoms with Crippen LogP contribution in [0.4, 0.5) is 21.3 Å². The van der Waals surface area contributed by atoms with Crippen LogP contribution in [-0.4, -0.2) is 64.7 Å². The third kappa shape index (κ3) is 7.33. The van der Waals surface area contributed by atoms with Crippen molar-refractivity contribution < 1.29 is 9.53 Å². The zero-order valence-electron chi connectivity index (χ0n) is 22.5. The van der Waals surface area contributed by atoms with Crippen molar-refractivity contribution in [1.82, 2.24) is 24.8 Å². The summed E-state index contributed by atoms with van der Waals surface area (Å²) < 4.78 is 5.84. The molecule has 206 valence electrons. The van der Waals surface area contributed by atoms with Crippen molar-refractivity contribution in [3.63, 3.8) is 0 Å². The van der Waals surface area contributed by atoms with E-state index in [0.29, 0.717) is 23.9 Å². The average Bonchev–Trinajstić information content (AvgIpc) is 3.59. The number of thiazole rings is 1. The highest BCUT2D eigenvalue weighted by Crippen LogP contribution is 2.26. The summed E-state index contributed by atoms with van der Waals surface area (Å²) in [6, 6.07) is 18.8. The largest absolute Gasteiger partial charge is 0.494 e. The Morgan fingerprint density at radius 2 is 1.85 bits per heavy atom. The molecule has 0 saturated carbocycles. The average molecular weight is 557 g/mol. The molecule has 2 amide bonds. The first-order valence-corrected chi connectivity index (χ1v) is 13.9. The fraction of sp³-hybridized carbons (Fsp3) is 0.241. The van der Waals surface area contributed by atoms with Crippen LogP contribution < -0.4 is 20.7 Å². The summed E-state index contributed by atoms with van der Waals surface area (Å²) in [7, 11) is 4.12. The number of H-pyrrole nitrogens is 1. The van der Waals surface area contributed by atoms with E-state index in [2.05, 4.69) is 54.9 Å². The molecule has 0 aliphatic carbocycles. The number of nitrogens with zero attached hydrogens (tertiary/aromatic N) is 4. The molecule has 3 aromatic heterocycles. The highest BCUT2D eigenvalue weighted by atomic mass is 32.1. The van der Waals surface area contributed by atoms with E-state index < -0.39 is 0 Å². The lowest BCUT2D eigenvalue weighted by molar-refractivity contribution is 0.262. The molecule has 2 aromatic carbocycles. The summed E-state index contributed by atoms with van der Waals surface area (Å²) in [4.78, 5) is 32.3. The minimum Gasteiger partial charge on any atom is -0.494 e. The van der Waals surface area contributed by atoms with Gasteiger partial charge in [-0.3, -0.25) is 5.32 Å². The second kappa shape index (κ2) is 13.0. The second-order valence-electron chi connectivity index (χ2n) is 9.43. The lowest BCUT2D eigenvalue weighted by atomic mass is 10.2. The number of rotatable bonds is 12.